The van der Waals surface area contributed by atoms with Crippen LogP contribution in [0.3, 0.4) is 0 Å². The molecule has 0 radical (unpaired) electrons. The van der Waals surface area contributed by atoms with E-state index in [9.17, 15) is 0 Å². The van der Waals surface area contributed by atoms with Crippen molar-refractivity contribution in [2.45, 2.75) is 47.5 Å². The van der Waals surface area contributed by atoms with Crippen molar-refractivity contribution in [3.05, 3.63) is 16.8 Å². The van der Waals surface area contributed by atoms with Gasteiger partial charge >= 0.3 is 0 Å². The van der Waals surface area contributed by atoms with E-state index in [0.29, 0.717) is 10.8 Å². The first-order chi connectivity index (χ1) is 8.80. The fraction of sp³-hybridized carbons (Fsp3) is 0.643. The van der Waals surface area contributed by atoms with Gasteiger partial charge in [0.05, 0.1) is 11.3 Å². The first-order valence-corrected chi connectivity index (χ1v) is 7.13. The molecule has 0 spiro atoms. The highest BCUT2D eigenvalue weighted by Crippen LogP contribution is 2.22. The normalized spacial score (nSPS) is 11.4. The van der Waals surface area contributed by atoms with Crippen LogP contribution < -0.4 is 11.1 Å². The first-order valence-electron chi connectivity index (χ1n) is 6.72. The van der Waals surface area contributed by atoms with Gasteiger partial charge in [-0.3, -0.25) is 0 Å². The zero-order chi connectivity index (χ0) is 14.6. The Morgan fingerprint density at radius 1 is 1.21 bits per heavy atom. The lowest BCUT2D eigenvalue weighted by atomic mass is 9.96. The summed E-state index contributed by atoms with van der Waals surface area (Å²) in [4.78, 5) is 0.387. The highest BCUT2D eigenvalue weighted by molar-refractivity contribution is 7.80. The van der Waals surface area contributed by atoms with Crippen LogP contribution in [0.4, 0.5) is 5.82 Å². The highest BCUT2D eigenvalue weighted by Gasteiger charge is 2.18. The number of aromatic nitrogens is 2. The zero-order valence-corrected chi connectivity index (χ0v) is 13.3. The van der Waals surface area contributed by atoms with E-state index in [1.54, 1.807) is 0 Å². The lowest BCUT2D eigenvalue weighted by molar-refractivity contribution is 0.442. The molecule has 3 N–H and O–H groups in total. The van der Waals surface area contributed by atoms with E-state index >= 15 is 0 Å². The van der Waals surface area contributed by atoms with Crippen molar-refractivity contribution in [1.29, 1.82) is 0 Å². The summed E-state index contributed by atoms with van der Waals surface area (Å²) in [5.41, 5.74) is 8.98. The predicted octanol–water partition coefficient (Wildman–Crippen LogP) is 2.69. The first kappa shape index (κ1) is 15.8. The molecule has 0 atom stereocenters. The second-order valence-electron chi connectivity index (χ2n) is 5.83. The molecule has 1 aromatic rings. The number of hydrogen-bond acceptors (Lipinski definition) is 4. The van der Waals surface area contributed by atoms with Crippen LogP contribution in [0.5, 0.6) is 0 Å². The van der Waals surface area contributed by atoms with Gasteiger partial charge in [-0.15, -0.1) is 5.10 Å². The number of rotatable bonds is 5. The second kappa shape index (κ2) is 6.28. The van der Waals surface area contributed by atoms with Crippen LogP contribution >= 0.6 is 12.2 Å². The van der Waals surface area contributed by atoms with Gasteiger partial charge < -0.3 is 11.1 Å². The van der Waals surface area contributed by atoms with Crippen LogP contribution in [0.25, 0.3) is 0 Å². The fourth-order valence-electron chi connectivity index (χ4n) is 1.91. The summed E-state index contributed by atoms with van der Waals surface area (Å²) >= 11 is 5.19. The molecule has 1 rings (SSSR count). The van der Waals surface area contributed by atoms with Crippen LogP contribution in [0.1, 0.15) is 51.4 Å². The van der Waals surface area contributed by atoms with Gasteiger partial charge in [0.25, 0.3) is 0 Å². The largest absolute Gasteiger partial charge is 0.389 e. The Bertz CT molecular complexity index is 463. The lowest BCUT2D eigenvalue weighted by Crippen LogP contribution is -2.24. The third-order valence-electron chi connectivity index (χ3n) is 2.88. The number of hydrogen-bond donors (Lipinski definition) is 2. The smallest absolute Gasteiger partial charge is 0.159 e. The van der Waals surface area contributed by atoms with Gasteiger partial charge in [0.15, 0.2) is 5.82 Å². The molecule has 0 aliphatic rings. The molecule has 0 unspecified atom stereocenters. The van der Waals surface area contributed by atoms with E-state index < -0.39 is 0 Å². The zero-order valence-electron chi connectivity index (χ0n) is 12.5. The Morgan fingerprint density at radius 3 is 2.26 bits per heavy atom. The van der Waals surface area contributed by atoms with Crippen molar-refractivity contribution < 1.29 is 0 Å². The molecule has 0 bridgehead atoms. The molecule has 106 valence electrons. The van der Waals surface area contributed by atoms with Crippen LogP contribution in [-0.2, 0) is 12.8 Å². The quantitative estimate of drug-likeness (QED) is 0.812. The number of nitrogens with two attached hydrogens (primary N) is 1. The van der Waals surface area contributed by atoms with Gasteiger partial charge in [0, 0.05) is 6.54 Å². The van der Waals surface area contributed by atoms with Crippen molar-refractivity contribution >= 4 is 23.0 Å². The van der Waals surface area contributed by atoms with E-state index in [1.165, 1.54) is 0 Å². The third kappa shape index (κ3) is 4.13. The molecular weight excluding hydrogens is 256 g/mol. The molecule has 0 fully saturated rings. The van der Waals surface area contributed by atoms with Gasteiger partial charge in [-0.1, -0.05) is 46.8 Å². The van der Waals surface area contributed by atoms with Crippen LogP contribution in [0, 0.1) is 5.41 Å². The van der Waals surface area contributed by atoms with E-state index in [1.807, 2.05) is 0 Å². The fourth-order valence-corrected chi connectivity index (χ4v) is 2.13. The lowest BCUT2D eigenvalue weighted by Gasteiger charge is -2.21. The molecule has 0 aromatic carbocycles. The molecule has 19 heavy (non-hydrogen) atoms. The van der Waals surface area contributed by atoms with Crippen LogP contribution in [0.2, 0.25) is 0 Å². The summed E-state index contributed by atoms with van der Waals surface area (Å²) in [7, 11) is 0. The average molecular weight is 280 g/mol. The van der Waals surface area contributed by atoms with Crippen molar-refractivity contribution in [2.24, 2.45) is 11.1 Å². The average Bonchev–Trinajstić information content (AvgIpc) is 2.33. The molecule has 1 heterocycles. The van der Waals surface area contributed by atoms with E-state index in [2.05, 4.69) is 50.1 Å². The van der Waals surface area contributed by atoms with Gasteiger partial charge in [-0.2, -0.15) is 5.10 Å². The van der Waals surface area contributed by atoms with Crippen molar-refractivity contribution in [3.63, 3.8) is 0 Å². The predicted molar refractivity (Wildman–Crippen MR) is 84.6 cm³/mol. The molecule has 0 aliphatic heterocycles. The van der Waals surface area contributed by atoms with Gasteiger partial charge in [0.2, 0.25) is 0 Å². The number of anilines is 1. The highest BCUT2D eigenvalue weighted by atomic mass is 32.1. The third-order valence-corrected chi connectivity index (χ3v) is 3.08. The molecule has 0 saturated carbocycles. The minimum Gasteiger partial charge on any atom is -0.389 e. The summed E-state index contributed by atoms with van der Waals surface area (Å²) in [6, 6.07) is 0. The number of nitrogens with one attached hydrogen (secondary N) is 1. The number of aryl methyl sites for hydroxylation is 1. The van der Waals surface area contributed by atoms with Gasteiger partial charge in [-0.25, -0.2) is 0 Å². The number of nitrogens with zero attached hydrogens (tertiary/aromatic N) is 2. The Kier molecular flexibility index (Phi) is 5.23. The van der Waals surface area contributed by atoms with E-state index in [-0.39, 0.29) is 5.41 Å². The van der Waals surface area contributed by atoms with E-state index in [0.717, 1.165) is 36.2 Å². The van der Waals surface area contributed by atoms with Crippen molar-refractivity contribution in [3.8, 4) is 0 Å². The van der Waals surface area contributed by atoms with E-state index in [4.69, 9.17) is 18.0 Å². The maximum Gasteiger partial charge on any atom is 0.159 e. The molecule has 5 heteroatoms. The van der Waals surface area contributed by atoms with Crippen molar-refractivity contribution in [2.75, 3.05) is 11.9 Å². The maximum absolute atomic E-state index is 5.88. The molecule has 0 saturated heterocycles. The topological polar surface area (TPSA) is 63.8 Å². The van der Waals surface area contributed by atoms with Gasteiger partial charge in [-0.05, 0) is 23.8 Å². The summed E-state index contributed by atoms with van der Waals surface area (Å²) in [6.07, 6.45) is 1.70. The van der Waals surface area contributed by atoms with Gasteiger partial charge in [0.1, 0.15) is 4.99 Å². The summed E-state index contributed by atoms with van der Waals surface area (Å²) in [5.74, 6) is 0.705. The monoisotopic (exact) mass is 280 g/mol. The molecular formula is C14H24N4S. The second-order valence-corrected chi connectivity index (χ2v) is 6.27. The molecule has 0 amide bonds. The van der Waals surface area contributed by atoms with Crippen LogP contribution in [-0.4, -0.2) is 21.7 Å². The maximum atomic E-state index is 5.88. The Morgan fingerprint density at radius 2 is 1.84 bits per heavy atom. The summed E-state index contributed by atoms with van der Waals surface area (Å²) in [5, 5.41) is 11.9. The minimum atomic E-state index is 0.158. The Hall–Kier alpha value is -1.23. The Balaban J connectivity index is 3.21. The van der Waals surface area contributed by atoms with Crippen LogP contribution in [0.15, 0.2) is 0 Å². The SMILES string of the molecule is CCc1nnc(NCC(C)(C)C)c(C(N)=S)c1CC. The molecule has 4 nitrogen and oxygen atoms in total. The summed E-state index contributed by atoms with van der Waals surface area (Å²) in [6.45, 7) is 11.4. The number of thiocarbonyl (C=S) groups is 1. The molecule has 1 aromatic heterocycles. The minimum absolute atomic E-state index is 0.158. The standard InChI is InChI=1S/C14H24N4S/c1-6-9-10(7-2)17-18-13(11(9)12(15)19)16-8-14(3,4)5/h6-8H2,1-5H3,(H2,15,19)(H,16,18). The van der Waals surface area contributed by atoms with Crippen molar-refractivity contribution in [1.82, 2.24) is 10.2 Å². The summed E-state index contributed by atoms with van der Waals surface area (Å²) < 4.78 is 0. The molecule has 0 aliphatic carbocycles. The Labute approximate surface area is 121 Å².